The van der Waals surface area contributed by atoms with Crippen molar-refractivity contribution in [3.05, 3.63) is 65.7 Å². The van der Waals surface area contributed by atoms with E-state index in [1.807, 2.05) is 55.5 Å². The summed E-state index contributed by atoms with van der Waals surface area (Å²) in [6.45, 7) is 7.14. The van der Waals surface area contributed by atoms with Crippen LogP contribution in [0.1, 0.15) is 43.9 Å². The van der Waals surface area contributed by atoms with Gasteiger partial charge >= 0.3 is 6.03 Å². The fraction of sp³-hybridized carbons (Fsp3) is 0.350. The lowest BCUT2D eigenvalue weighted by Crippen LogP contribution is -2.39. The van der Waals surface area contributed by atoms with E-state index in [-0.39, 0.29) is 12.1 Å². The Hall–Kier alpha value is -2.49. The molecule has 128 valence electrons. The number of hydrogen-bond donors (Lipinski definition) is 2. The van der Waals surface area contributed by atoms with Gasteiger partial charge in [0.25, 0.3) is 0 Å². The number of ether oxygens (including phenoxy) is 1. The molecule has 0 radical (unpaired) electrons. The van der Waals surface area contributed by atoms with Gasteiger partial charge in [-0.25, -0.2) is 4.79 Å². The first-order valence-corrected chi connectivity index (χ1v) is 8.39. The third-order valence-electron chi connectivity index (χ3n) is 3.83. The van der Waals surface area contributed by atoms with Crippen molar-refractivity contribution in [2.45, 2.75) is 32.7 Å². The summed E-state index contributed by atoms with van der Waals surface area (Å²) in [6.07, 6.45) is 0. The number of amides is 2. The lowest BCUT2D eigenvalue weighted by molar-refractivity contribution is 0.233. The van der Waals surface area contributed by atoms with E-state index in [0.29, 0.717) is 19.1 Å². The fourth-order valence-electron chi connectivity index (χ4n) is 2.49. The maximum absolute atomic E-state index is 11.9. The van der Waals surface area contributed by atoms with Crippen molar-refractivity contribution < 1.29 is 9.53 Å². The lowest BCUT2D eigenvalue weighted by Gasteiger charge is -2.16. The van der Waals surface area contributed by atoms with Gasteiger partial charge in [-0.2, -0.15) is 0 Å². The van der Waals surface area contributed by atoms with E-state index in [2.05, 4.69) is 30.5 Å². The van der Waals surface area contributed by atoms with Crippen LogP contribution in [0.4, 0.5) is 4.79 Å². The van der Waals surface area contributed by atoms with Crippen LogP contribution in [0, 0.1) is 0 Å². The van der Waals surface area contributed by atoms with Gasteiger partial charge < -0.3 is 15.4 Å². The van der Waals surface area contributed by atoms with Crippen molar-refractivity contribution in [3.63, 3.8) is 0 Å². The fourth-order valence-corrected chi connectivity index (χ4v) is 2.49. The van der Waals surface area contributed by atoms with Crippen molar-refractivity contribution in [2.75, 3.05) is 13.2 Å². The van der Waals surface area contributed by atoms with Gasteiger partial charge in [-0.3, -0.25) is 0 Å². The molecule has 0 fully saturated rings. The van der Waals surface area contributed by atoms with Crippen LogP contribution in [0.25, 0.3) is 0 Å². The number of para-hydroxylation sites is 1. The van der Waals surface area contributed by atoms with E-state index in [1.54, 1.807) is 0 Å². The van der Waals surface area contributed by atoms with Gasteiger partial charge in [0.05, 0.1) is 12.6 Å². The first-order valence-electron chi connectivity index (χ1n) is 8.39. The molecule has 1 unspecified atom stereocenters. The van der Waals surface area contributed by atoms with Gasteiger partial charge in [0.2, 0.25) is 0 Å². The Labute approximate surface area is 144 Å². The van der Waals surface area contributed by atoms with Crippen LogP contribution in [-0.4, -0.2) is 19.2 Å². The zero-order valence-corrected chi connectivity index (χ0v) is 14.6. The maximum atomic E-state index is 11.9. The Balaban J connectivity index is 1.74. The van der Waals surface area contributed by atoms with E-state index in [0.717, 1.165) is 11.3 Å². The predicted molar refractivity (Wildman–Crippen MR) is 97.4 cm³/mol. The third kappa shape index (κ3) is 5.30. The molecular formula is C20H26N2O2. The van der Waals surface area contributed by atoms with Crippen molar-refractivity contribution in [2.24, 2.45) is 0 Å². The molecule has 2 aromatic rings. The van der Waals surface area contributed by atoms with Crippen molar-refractivity contribution in [1.82, 2.24) is 10.6 Å². The van der Waals surface area contributed by atoms with Gasteiger partial charge in [-0.05, 0) is 30.0 Å². The molecule has 2 amide bonds. The van der Waals surface area contributed by atoms with E-state index in [4.69, 9.17) is 4.74 Å². The standard InChI is InChI=1S/C20H26N2O2/c1-15(2)18-11-7-8-12-19(18)24-14-13-21-20(23)22-16(3)17-9-5-4-6-10-17/h4-12,15-16H,13-14H2,1-3H3,(H2,21,22,23). The van der Waals surface area contributed by atoms with Crippen LogP contribution in [0.15, 0.2) is 54.6 Å². The highest BCUT2D eigenvalue weighted by molar-refractivity contribution is 5.74. The Kier molecular flexibility index (Phi) is 6.67. The normalized spacial score (nSPS) is 11.8. The number of nitrogens with one attached hydrogen (secondary N) is 2. The molecule has 0 aromatic heterocycles. The van der Waals surface area contributed by atoms with Crippen molar-refractivity contribution in [1.29, 1.82) is 0 Å². The molecule has 0 spiro atoms. The zero-order chi connectivity index (χ0) is 17.4. The van der Waals surface area contributed by atoms with Gasteiger partial charge in [0.1, 0.15) is 12.4 Å². The highest BCUT2D eigenvalue weighted by Gasteiger charge is 2.09. The summed E-state index contributed by atoms with van der Waals surface area (Å²) in [5.41, 5.74) is 2.26. The second-order valence-corrected chi connectivity index (χ2v) is 6.07. The molecule has 2 rings (SSSR count). The average Bonchev–Trinajstić information content (AvgIpc) is 2.59. The van der Waals surface area contributed by atoms with Gasteiger partial charge in [0.15, 0.2) is 0 Å². The van der Waals surface area contributed by atoms with Crippen LogP contribution in [-0.2, 0) is 0 Å². The number of carbonyl (C=O) groups excluding carboxylic acids is 1. The minimum absolute atomic E-state index is 0.0335. The highest BCUT2D eigenvalue weighted by Crippen LogP contribution is 2.25. The summed E-state index contributed by atoms with van der Waals surface area (Å²) < 4.78 is 5.80. The maximum Gasteiger partial charge on any atom is 0.315 e. The molecule has 0 aliphatic rings. The Morgan fingerprint density at radius 2 is 1.67 bits per heavy atom. The summed E-state index contributed by atoms with van der Waals surface area (Å²) in [5.74, 6) is 1.29. The first-order chi connectivity index (χ1) is 11.6. The van der Waals surface area contributed by atoms with Crippen molar-refractivity contribution in [3.8, 4) is 5.75 Å². The third-order valence-corrected chi connectivity index (χ3v) is 3.83. The Bertz CT molecular complexity index is 641. The molecule has 4 nitrogen and oxygen atoms in total. The molecule has 0 bridgehead atoms. The molecule has 2 aromatic carbocycles. The topological polar surface area (TPSA) is 50.4 Å². The second kappa shape index (κ2) is 8.96. The Morgan fingerprint density at radius 3 is 2.38 bits per heavy atom. The summed E-state index contributed by atoms with van der Waals surface area (Å²) in [4.78, 5) is 11.9. The van der Waals surface area contributed by atoms with Crippen molar-refractivity contribution >= 4 is 6.03 Å². The van der Waals surface area contributed by atoms with E-state index >= 15 is 0 Å². The summed E-state index contributed by atoms with van der Waals surface area (Å²) >= 11 is 0. The number of hydrogen-bond acceptors (Lipinski definition) is 2. The van der Waals surface area contributed by atoms with Gasteiger partial charge in [-0.15, -0.1) is 0 Å². The zero-order valence-electron chi connectivity index (χ0n) is 14.6. The smallest absolute Gasteiger partial charge is 0.315 e. The molecule has 0 aliphatic heterocycles. The van der Waals surface area contributed by atoms with Crippen LogP contribution in [0.3, 0.4) is 0 Å². The average molecular weight is 326 g/mol. The second-order valence-electron chi connectivity index (χ2n) is 6.07. The lowest BCUT2D eigenvalue weighted by atomic mass is 10.0. The number of carbonyl (C=O) groups is 1. The highest BCUT2D eigenvalue weighted by atomic mass is 16.5. The van der Waals surface area contributed by atoms with Crippen LogP contribution < -0.4 is 15.4 Å². The number of urea groups is 1. The van der Waals surface area contributed by atoms with E-state index in [1.165, 1.54) is 5.56 Å². The SMILES string of the molecule is CC(C)c1ccccc1OCCNC(=O)NC(C)c1ccccc1. The van der Waals surface area contributed by atoms with Crippen LogP contribution in [0.5, 0.6) is 5.75 Å². The number of rotatable bonds is 7. The van der Waals surface area contributed by atoms with Gasteiger partial charge in [0, 0.05) is 0 Å². The van der Waals surface area contributed by atoms with Crippen LogP contribution in [0.2, 0.25) is 0 Å². The number of benzene rings is 2. The van der Waals surface area contributed by atoms with E-state index in [9.17, 15) is 4.79 Å². The molecule has 0 saturated heterocycles. The molecule has 24 heavy (non-hydrogen) atoms. The first kappa shape index (κ1) is 17.9. The molecule has 2 N–H and O–H groups in total. The molecular weight excluding hydrogens is 300 g/mol. The summed E-state index contributed by atoms with van der Waals surface area (Å²) in [7, 11) is 0. The molecule has 0 aliphatic carbocycles. The van der Waals surface area contributed by atoms with Gasteiger partial charge in [-0.1, -0.05) is 62.4 Å². The molecule has 4 heteroatoms. The largest absolute Gasteiger partial charge is 0.491 e. The monoisotopic (exact) mass is 326 g/mol. The van der Waals surface area contributed by atoms with E-state index < -0.39 is 0 Å². The predicted octanol–water partition coefficient (Wildman–Crippen LogP) is 4.25. The summed E-state index contributed by atoms with van der Waals surface area (Å²) in [6, 6.07) is 17.7. The quantitative estimate of drug-likeness (QED) is 0.747. The summed E-state index contributed by atoms with van der Waals surface area (Å²) in [5, 5.41) is 5.75. The molecule has 0 heterocycles. The minimum Gasteiger partial charge on any atom is -0.491 e. The Morgan fingerprint density at radius 1 is 1.00 bits per heavy atom. The van der Waals surface area contributed by atoms with Crippen LogP contribution >= 0.6 is 0 Å². The minimum atomic E-state index is -0.188. The molecule has 1 atom stereocenters. The molecule has 0 saturated carbocycles.